The number of para-hydroxylation sites is 1. The smallest absolute Gasteiger partial charge is 0.233 e. The third kappa shape index (κ3) is 5.58. The lowest BCUT2D eigenvalue weighted by atomic mass is 10.0. The van der Waals surface area contributed by atoms with Gasteiger partial charge in [0.2, 0.25) is 11.8 Å². The molecule has 0 radical (unpaired) electrons. The lowest BCUT2D eigenvalue weighted by Gasteiger charge is -2.20. The summed E-state index contributed by atoms with van der Waals surface area (Å²) in [6.45, 7) is 9.78. The molecule has 0 fully saturated rings. The van der Waals surface area contributed by atoms with Gasteiger partial charge in [-0.1, -0.05) is 32.0 Å². The van der Waals surface area contributed by atoms with Crippen molar-refractivity contribution in [2.24, 2.45) is 0 Å². The van der Waals surface area contributed by atoms with Crippen molar-refractivity contribution in [3.63, 3.8) is 0 Å². The van der Waals surface area contributed by atoms with Crippen molar-refractivity contribution in [3.05, 3.63) is 29.3 Å². The number of anilines is 1. The van der Waals surface area contributed by atoms with Crippen molar-refractivity contribution in [2.45, 2.75) is 59.4 Å². The van der Waals surface area contributed by atoms with Crippen LogP contribution in [0.3, 0.4) is 0 Å². The van der Waals surface area contributed by atoms with Crippen LogP contribution < -0.4 is 10.6 Å². The second-order valence-corrected chi connectivity index (χ2v) is 6.18. The van der Waals surface area contributed by atoms with Crippen LogP contribution in [-0.4, -0.2) is 17.4 Å². The number of hydrogen-bond acceptors (Lipinski definition) is 2. The summed E-state index contributed by atoms with van der Waals surface area (Å²) >= 11 is 0. The van der Waals surface area contributed by atoms with Gasteiger partial charge in [0.25, 0.3) is 0 Å². The van der Waals surface area contributed by atoms with Crippen LogP contribution in [0.15, 0.2) is 18.2 Å². The lowest BCUT2D eigenvalue weighted by Crippen LogP contribution is -2.42. The maximum absolute atomic E-state index is 12.1. The molecule has 1 rings (SSSR count). The van der Waals surface area contributed by atoms with Gasteiger partial charge in [0.05, 0.1) is 0 Å². The van der Waals surface area contributed by atoms with Crippen LogP contribution in [0.2, 0.25) is 0 Å². The SMILES string of the molecule is CCc1cccc(CC)c1NC(=O)CC(=O)NC(C)(C)C. The number of carbonyl (C=O) groups excluding carboxylic acids is 2. The number of amides is 2. The number of benzene rings is 1. The van der Waals surface area contributed by atoms with Crippen LogP contribution in [0.25, 0.3) is 0 Å². The Labute approximate surface area is 127 Å². The number of aryl methyl sites for hydroxylation is 2. The summed E-state index contributed by atoms with van der Waals surface area (Å²) in [5, 5.41) is 5.69. The predicted molar refractivity (Wildman–Crippen MR) is 86.3 cm³/mol. The summed E-state index contributed by atoms with van der Waals surface area (Å²) in [6.07, 6.45) is 1.54. The highest BCUT2D eigenvalue weighted by molar-refractivity contribution is 6.04. The zero-order valence-corrected chi connectivity index (χ0v) is 13.7. The van der Waals surface area contributed by atoms with E-state index < -0.39 is 0 Å². The zero-order chi connectivity index (χ0) is 16.0. The summed E-state index contributed by atoms with van der Waals surface area (Å²) in [4.78, 5) is 23.9. The van der Waals surface area contributed by atoms with Gasteiger partial charge in [-0.25, -0.2) is 0 Å². The summed E-state index contributed by atoms with van der Waals surface area (Å²) in [7, 11) is 0. The van der Waals surface area contributed by atoms with E-state index in [9.17, 15) is 9.59 Å². The Kier molecular flexibility index (Phi) is 5.94. The summed E-state index contributed by atoms with van der Waals surface area (Å²) in [5.41, 5.74) is 2.72. The molecule has 4 heteroatoms. The van der Waals surface area contributed by atoms with E-state index in [1.165, 1.54) is 0 Å². The first-order valence-electron chi connectivity index (χ1n) is 7.48. The Balaban J connectivity index is 2.77. The van der Waals surface area contributed by atoms with E-state index in [1.807, 2.05) is 39.0 Å². The molecular weight excluding hydrogens is 264 g/mol. The van der Waals surface area contributed by atoms with E-state index in [0.29, 0.717) is 0 Å². The zero-order valence-electron chi connectivity index (χ0n) is 13.7. The second-order valence-electron chi connectivity index (χ2n) is 6.18. The van der Waals surface area contributed by atoms with Crippen LogP contribution in [0.1, 0.15) is 52.2 Å². The topological polar surface area (TPSA) is 58.2 Å². The minimum Gasteiger partial charge on any atom is -0.351 e. The van der Waals surface area contributed by atoms with E-state index in [0.717, 1.165) is 29.7 Å². The van der Waals surface area contributed by atoms with Gasteiger partial charge in [0, 0.05) is 11.2 Å². The highest BCUT2D eigenvalue weighted by Crippen LogP contribution is 2.22. The Morgan fingerprint density at radius 2 is 1.52 bits per heavy atom. The monoisotopic (exact) mass is 290 g/mol. The second kappa shape index (κ2) is 7.25. The van der Waals surface area contributed by atoms with Gasteiger partial charge in [-0.2, -0.15) is 0 Å². The predicted octanol–water partition coefficient (Wildman–Crippen LogP) is 3.05. The normalized spacial score (nSPS) is 11.1. The van der Waals surface area contributed by atoms with Crippen LogP contribution in [0.4, 0.5) is 5.69 Å². The Morgan fingerprint density at radius 3 is 1.95 bits per heavy atom. The quantitative estimate of drug-likeness (QED) is 0.819. The molecule has 21 heavy (non-hydrogen) atoms. The molecule has 1 aromatic carbocycles. The van der Waals surface area contributed by atoms with E-state index in [1.54, 1.807) is 0 Å². The average molecular weight is 290 g/mol. The van der Waals surface area contributed by atoms with Crippen LogP contribution in [0, 0.1) is 0 Å². The minimum atomic E-state index is -0.326. The summed E-state index contributed by atoms with van der Waals surface area (Å²) in [6, 6.07) is 6.01. The molecule has 0 spiro atoms. The number of nitrogens with one attached hydrogen (secondary N) is 2. The van der Waals surface area contributed by atoms with E-state index in [2.05, 4.69) is 24.5 Å². The molecule has 0 unspecified atom stereocenters. The number of rotatable bonds is 5. The molecule has 0 atom stereocenters. The highest BCUT2D eigenvalue weighted by Gasteiger charge is 2.17. The van der Waals surface area contributed by atoms with Gasteiger partial charge in [-0.15, -0.1) is 0 Å². The van der Waals surface area contributed by atoms with E-state index >= 15 is 0 Å². The molecule has 0 aromatic heterocycles. The molecule has 1 aromatic rings. The third-order valence-electron chi connectivity index (χ3n) is 3.10. The molecule has 0 bridgehead atoms. The molecule has 0 saturated carbocycles. The van der Waals surface area contributed by atoms with Gasteiger partial charge in [-0.3, -0.25) is 9.59 Å². The minimum absolute atomic E-state index is 0.154. The van der Waals surface area contributed by atoms with Gasteiger partial charge in [0.15, 0.2) is 0 Å². The average Bonchev–Trinajstić information content (AvgIpc) is 2.36. The van der Waals surface area contributed by atoms with Gasteiger partial charge < -0.3 is 10.6 Å². The molecule has 0 aliphatic carbocycles. The Morgan fingerprint density at radius 1 is 1.00 bits per heavy atom. The molecule has 0 heterocycles. The molecule has 2 amide bonds. The molecule has 0 saturated heterocycles. The van der Waals surface area contributed by atoms with Crippen LogP contribution in [-0.2, 0) is 22.4 Å². The fourth-order valence-electron chi connectivity index (χ4n) is 2.20. The number of hydrogen-bond donors (Lipinski definition) is 2. The van der Waals surface area contributed by atoms with Crippen LogP contribution in [0.5, 0.6) is 0 Å². The Bertz CT molecular complexity index is 494. The van der Waals surface area contributed by atoms with Crippen molar-refractivity contribution < 1.29 is 9.59 Å². The first kappa shape index (κ1) is 17.2. The molecule has 116 valence electrons. The molecule has 2 N–H and O–H groups in total. The maximum atomic E-state index is 12.1. The first-order chi connectivity index (χ1) is 9.76. The van der Waals surface area contributed by atoms with Crippen molar-refractivity contribution in [1.82, 2.24) is 5.32 Å². The Hall–Kier alpha value is -1.84. The van der Waals surface area contributed by atoms with Crippen molar-refractivity contribution in [1.29, 1.82) is 0 Å². The molecule has 0 aliphatic rings. The molecule has 4 nitrogen and oxygen atoms in total. The van der Waals surface area contributed by atoms with E-state index in [4.69, 9.17) is 0 Å². The lowest BCUT2D eigenvalue weighted by molar-refractivity contribution is -0.127. The van der Waals surface area contributed by atoms with Crippen molar-refractivity contribution >= 4 is 17.5 Å². The fourth-order valence-corrected chi connectivity index (χ4v) is 2.20. The highest BCUT2D eigenvalue weighted by atomic mass is 16.2. The largest absolute Gasteiger partial charge is 0.351 e. The fraction of sp³-hybridized carbons (Fsp3) is 0.529. The summed E-state index contributed by atoms with van der Waals surface area (Å²) in [5.74, 6) is -0.528. The van der Waals surface area contributed by atoms with E-state index in [-0.39, 0.29) is 23.8 Å². The summed E-state index contributed by atoms with van der Waals surface area (Å²) < 4.78 is 0. The standard InChI is InChI=1S/C17H26N2O2/c1-6-12-9-8-10-13(7-2)16(12)18-14(20)11-15(21)19-17(3,4)5/h8-10H,6-7,11H2,1-5H3,(H,18,20)(H,19,21). The molecular formula is C17H26N2O2. The van der Waals surface area contributed by atoms with Crippen molar-refractivity contribution in [2.75, 3.05) is 5.32 Å². The van der Waals surface area contributed by atoms with Gasteiger partial charge in [0.1, 0.15) is 6.42 Å². The van der Waals surface area contributed by atoms with Gasteiger partial charge >= 0.3 is 0 Å². The van der Waals surface area contributed by atoms with Crippen LogP contribution >= 0.6 is 0 Å². The number of carbonyl (C=O) groups is 2. The first-order valence-corrected chi connectivity index (χ1v) is 7.48. The van der Waals surface area contributed by atoms with Gasteiger partial charge in [-0.05, 0) is 44.7 Å². The maximum Gasteiger partial charge on any atom is 0.233 e. The third-order valence-corrected chi connectivity index (χ3v) is 3.10. The van der Waals surface area contributed by atoms with Crippen molar-refractivity contribution in [3.8, 4) is 0 Å². The molecule has 0 aliphatic heterocycles.